The van der Waals surface area contributed by atoms with Crippen molar-refractivity contribution in [2.45, 2.75) is 19.8 Å². The molecule has 0 spiro atoms. The number of hydrogen-bond donors (Lipinski definition) is 0. The SMILES string of the molecule is Cc1cc(N(C)C)nc(N2CCN(CCc3ccc4c(c3)CCO4)CC2)n1. The van der Waals surface area contributed by atoms with Gasteiger partial charge in [-0.3, -0.25) is 4.90 Å². The Morgan fingerprint density at radius 1 is 1.07 bits per heavy atom. The normalized spacial score (nSPS) is 16.9. The van der Waals surface area contributed by atoms with Gasteiger partial charge >= 0.3 is 0 Å². The van der Waals surface area contributed by atoms with E-state index in [1.165, 1.54) is 11.1 Å². The monoisotopic (exact) mass is 367 g/mol. The van der Waals surface area contributed by atoms with Crippen LogP contribution in [0.4, 0.5) is 11.8 Å². The number of nitrogens with zero attached hydrogens (tertiary/aromatic N) is 5. The van der Waals surface area contributed by atoms with Crippen LogP contribution in [0, 0.1) is 6.92 Å². The molecule has 2 aliphatic rings. The minimum Gasteiger partial charge on any atom is -0.493 e. The molecule has 0 amide bonds. The lowest BCUT2D eigenvalue weighted by Crippen LogP contribution is -2.47. The first-order valence-electron chi connectivity index (χ1n) is 9.83. The summed E-state index contributed by atoms with van der Waals surface area (Å²) in [5.41, 5.74) is 3.80. The van der Waals surface area contributed by atoms with Crippen LogP contribution in [0.15, 0.2) is 24.3 Å². The predicted molar refractivity (Wildman–Crippen MR) is 109 cm³/mol. The molecule has 2 aromatic rings. The zero-order chi connectivity index (χ0) is 18.8. The summed E-state index contributed by atoms with van der Waals surface area (Å²) in [6.45, 7) is 8.05. The number of piperazine rings is 1. The van der Waals surface area contributed by atoms with Gasteiger partial charge in [0, 0.05) is 65.0 Å². The van der Waals surface area contributed by atoms with Gasteiger partial charge in [0.25, 0.3) is 0 Å². The van der Waals surface area contributed by atoms with E-state index in [0.717, 1.165) is 75.4 Å². The summed E-state index contributed by atoms with van der Waals surface area (Å²) in [6, 6.07) is 8.69. The zero-order valence-corrected chi connectivity index (χ0v) is 16.6. The van der Waals surface area contributed by atoms with Crippen molar-refractivity contribution in [1.29, 1.82) is 0 Å². The molecule has 6 nitrogen and oxygen atoms in total. The maximum Gasteiger partial charge on any atom is 0.227 e. The van der Waals surface area contributed by atoms with Crippen molar-refractivity contribution < 1.29 is 4.74 Å². The predicted octanol–water partition coefficient (Wildman–Crippen LogP) is 2.15. The van der Waals surface area contributed by atoms with Gasteiger partial charge in [0.1, 0.15) is 11.6 Å². The average Bonchev–Trinajstić information content (AvgIpc) is 3.14. The summed E-state index contributed by atoms with van der Waals surface area (Å²) in [5.74, 6) is 2.90. The summed E-state index contributed by atoms with van der Waals surface area (Å²) in [4.78, 5) is 16.3. The molecule has 0 aliphatic carbocycles. The molecule has 0 unspecified atom stereocenters. The maximum atomic E-state index is 5.60. The second-order valence-electron chi connectivity index (χ2n) is 7.68. The highest BCUT2D eigenvalue weighted by atomic mass is 16.5. The van der Waals surface area contributed by atoms with Crippen LogP contribution >= 0.6 is 0 Å². The van der Waals surface area contributed by atoms with Crippen molar-refractivity contribution in [3.8, 4) is 5.75 Å². The number of anilines is 2. The lowest BCUT2D eigenvalue weighted by Gasteiger charge is -2.35. The number of hydrogen-bond acceptors (Lipinski definition) is 6. The Morgan fingerprint density at radius 3 is 2.67 bits per heavy atom. The number of aromatic nitrogens is 2. The first-order chi connectivity index (χ1) is 13.1. The van der Waals surface area contributed by atoms with Crippen molar-refractivity contribution in [2.75, 3.05) is 63.2 Å². The lowest BCUT2D eigenvalue weighted by atomic mass is 10.1. The van der Waals surface area contributed by atoms with Crippen LogP contribution in [-0.4, -0.2) is 68.3 Å². The van der Waals surface area contributed by atoms with E-state index >= 15 is 0 Å². The Balaban J connectivity index is 1.31. The third-order valence-corrected chi connectivity index (χ3v) is 5.41. The summed E-state index contributed by atoms with van der Waals surface area (Å²) in [5, 5.41) is 0. The molecule has 0 saturated carbocycles. The zero-order valence-electron chi connectivity index (χ0n) is 16.6. The highest BCUT2D eigenvalue weighted by Crippen LogP contribution is 2.26. The van der Waals surface area contributed by atoms with E-state index in [1.54, 1.807) is 0 Å². The number of aryl methyl sites for hydroxylation is 1. The van der Waals surface area contributed by atoms with Gasteiger partial charge in [0.15, 0.2) is 0 Å². The molecular weight excluding hydrogens is 338 g/mol. The fourth-order valence-electron chi connectivity index (χ4n) is 3.76. The van der Waals surface area contributed by atoms with Crippen LogP contribution in [-0.2, 0) is 12.8 Å². The fourth-order valence-corrected chi connectivity index (χ4v) is 3.76. The van der Waals surface area contributed by atoms with Gasteiger partial charge in [-0.25, -0.2) is 4.98 Å². The molecule has 0 bridgehead atoms. The van der Waals surface area contributed by atoms with Crippen molar-refractivity contribution in [1.82, 2.24) is 14.9 Å². The molecule has 1 saturated heterocycles. The van der Waals surface area contributed by atoms with Crippen molar-refractivity contribution in [3.05, 3.63) is 41.1 Å². The van der Waals surface area contributed by atoms with Crippen LogP contribution in [0.1, 0.15) is 16.8 Å². The quantitative estimate of drug-likeness (QED) is 0.807. The molecule has 1 aromatic carbocycles. The minimum absolute atomic E-state index is 0.831. The van der Waals surface area contributed by atoms with Crippen LogP contribution in [0.5, 0.6) is 5.75 Å². The minimum atomic E-state index is 0.831. The third-order valence-electron chi connectivity index (χ3n) is 5.41. The first-order valence-corrected chi connectivity index (χ1v) is 9.83. The van der Waals surface area contributed by atoms with Crippen LogP contribution in [0.3, 0.4) is 0 Å². The molecule has 27 heavy (non-hydrogen) atoms. The Bertz CT molecular complexity index is 799. The van der Waals surface area contributed by atoms with E-state index in [2.05, 4.69) is 33.0 Å². The molecule has 6 heteroatoms. The van der Waals surface area contributed by atoms with E-state index in [4.69, 9.17) is 9.72 Å². The molecule has 4 rings (SSSR count). The Hall–Kier alpha value is -2.34. The Morgan fingerprint density at radius 2 is 1.89 bits per heavy atom. The third kappa shape index (κ3) is 4.16. The average molecular weight is 367 g/mol. The van der Waals surface area contributed by atoms with Crippen molar-refractivity contribution in [2.24, 2.45) is 0 Å². The fraction of sp³-hybridized carbons (Fsp3) is 0.524. The molecule has 0 atom stereocenters. The molecule has 2 aliphatic heterocycles. The van der Waals surface area contributed by atoms with Crippen molar-refractivity contribution in [3.63, 3.8) is 0 Å². The van der Waals surface area contributed by atoms with Gasteiger partial charge in [-0.15, -0.1) is 0 Å². The van der Waals surface area contributed by atoms with Gasteiger partial charge < -0.3 is 14.5 Å². The number of fused-ring (bicyclic) bond motifs is 1. The highest BCUT2D eigenvalue weighted by Gasteiger charge is 2.20. The number of rotatable bonds is 5. The van der Waals surface area contributed by atoms with E-state index in [1.807, 2.05) is 32.0 Å². The summed E-state index contributed by atoms with van der Waals surface area (Å²) in [7, 11) is 4.04. The van der Waals surface area contributed by atoms with E-state index in [0.29, 0.717) is 0 Å². The summed E-state index contributed by atoms with van der Waals surface area (Å²) in [6.07, 6.45) is 2.15. The molecular formula is C21H29N5O. The molecule has 0 radical (unpaired) electrons. The Kier molecular flexibility index (Phi) is 5.16. The van der Waals surface area contributed by atoms with E-state index < -0.39 is 0 Å². The van der Waals surface area contributed by atoms with Gasteiger partial charge in [0.05, 0.1) is 6.61 Å². The highest BCUT2D eigenvalue weighted by molar-refractivity contribution is 5.45. The molecule has 1 fully saturated rings. The van der Waals surface area contributed by atoms with Gasteiger partial charge in [0.2, 0.25) is 5.95 Å². The summed E-state index contributed by atoms with van der Waals surface area (Å²) >= 11 is 0. The molecule has 3 heterocycles. The number of benzene rings is 1. The standard InChI is InChI=1S/C21H29N5O/c1-16-14-20(24(2)3)23-21(22-16)26-11-9-25(10-12-26)8-6-17-4-5-19-18(15-17)7-13-27-19/h4-5,14-15H,6-13H2,1-3H3. The second-order valence-corrected chi connectivity index (χ2v) is 7.68. The molecule has 0 N–H and O–H groups in total. The van der Waals surface area contributed by atoms with Gasteiger partial charge in [-0.05, 0) is 30.5 Å². The van der Waals surface area contributed by atoms with Crippen LogP contribution in [0.2, 0.25) is 0 Å². The largest absolute Gasteiger partial charge is 0.493 e. The smallest absolute Gasteiger partial charge is 0.227 e. The summed E-state index contributed by atoms with van der Waals surface area (Å²) < 4.78 is 5.60. The van der Waals surface area contributed by atoms with Crippen LogP contribution < -0.4 is 14.5 Å². The first kappa shape index (κ1) is 18.0. The molecule has 144 valence electrons. The maximum absolute atomic E-state index is 5.60. The van der Waals surface area contributed by atoms with Crippen molar-refractivity contribution >= 4 is 11.8 Å². The van der Waals surface area contributed by atoms with Gasteiger partial charge in [-0.2, -0.15) is 4.98 Å². The van der Waals surface area contributed by atoms with E-state index in [9.17, 15) is 0 Å². The topological polar surface area (TPSA) is 44.7 Å². The van der Waals surface area contributed by atoms with E-state index in [-0.39, 0.29) is 0 Å². The Labute approximate surface area is 161 Å². The molecule has 1 aromatic heterocycles. The lowest BCUT2D eigenvalue weighted by molar-refractivity contribution is 0.259. The van der Waals surface area contributed by atoms with Gasteiger partial charge in [-0.1, -0.05) is 12.1 Å². The number of ether oxygens (including phenoxy) is 1. The second kappa shape index (κ2) is 7.72. The van der Waals surface area contributed by atoms with Crippen LogP contribution in [0.25, 0.3) is 0 Å².